The van der Waals surface area contributed by atoms with Gasteiger partial charge in [-0.15, -0.1) is 0 Å². The predicted molar refractivity (Wildman–Crippen MR) is 103 cm³/mol. The molecule has 0 unspecified atom stereocenters. The highest BCUT2D eigenvalue weighted by Crippen LogP contribution is 2.27. The Morgan fingerprint density at radius 1 is 1.00 bits per heavy atom. The number of nitrogens with zero attached hydrogens (tertiary/aromatic N) is 1. The number of sulfonamides is 1. The molecule has 2 aromatic carbocycles. The summed E-state index contributed by atoms with van der Waals surface area (Å²) in [5.74, 6) is -0.0912. The minimum atomic E-state index is -3.93. The van der Waals surface area contributed by atoms with Crippen LogP contribution >= 0.6 is 23.2 Å². The molecule has 2 aromatic rings. The van der Waals surface area contributed by atoms with Crippen molar-refractivity contribution in [2.45, 2.75) is 24.2 Å². The van der Waals surface area contributed by atoms with E-state index in [9.17, 15) is 13.2 Å². The van der Waals surface area contributed by atoms with Crippen molar-refractivity contribution >= 4 is 44.8 Å². The summed E-state index contributed by atoms with van der Waals surface area (Å²) in [6.07, 6.45) is 3.11. The Kier molecular flexibility index (Phi) is 5.75. The largest absolute Gasteiger partial charge is 0.339 e. The van der Waals surface area contributed by atoms with Crippen LogP contribution in [0.1, 0.15) is 29.6 Å². The second-order valence-electron chi connectivity index (χ2n) is 6.11. The number of anilines is 1. The zero-order valence-corrected chi connectivity index (χ0v) is 16.2. The van der Waals surface area contributed by atoms with Crippen molar-refractivity contribution in [1.82, 2.24) is 4.90 Å². The maximum Gasteiger partial charge on any atom is 0.263 e. The molecule has 3 rings (SSSR count). The summed E-state index contributed by atoms with van der Waals surface area (Å²) < 4.78 is 27.7. The Balaban J connectivity index is 1.84. The molecule has 5 nitrogen and oxygen atoms in total. The molecule has 1 saturated heterocycles. The van der Waals surface area contributed by atoms with Crippen LogP contribution < -0.4 is 4.72 Å². The normalized spacial score (nSPS) is 14.9. The number of likely N-dealkylation sites (tertiary alicyclic amines) is 1. The van der Waals surface area contributed by atoms with E-state index in [1.165, 1.54) is 24.3 Å². The molecule has 8 heteroatoms. The van der Waals surface area contributed by atoms with Crippen molar-refractivity contribution in [2.24, 2.45) is 0 Å². The third kappa shape index (κ3) is 4.31. The highest BCUT2D eigenvalue weighted by molar-refractivity contribution is 7.92. The smallest absolute Gasteiger partial charge is 0.263 e. The van der Waals surface area contributed by atoms with E-state index >= 15 is 0 Å². The average molecular weight is 413 g/mol. The lowest BCUT2D eigenvalue weighted by atomic mass is 10.1. The molecule has 1 N–H and O–H groups in total. The minimum Gasteiger partial charge on any atom is -0.339 e. The molecule has 1 aliphatic heterocycles. The maximum absolute atomic E-state index is 12.6. The number of carbonyl (C=O) groups excluding carboxylic acids is 1. The average Bonchev–Trinajstić information content (AvgIpc) is 2.63. The van der Waals surface area contributed by atoms with Gasteiger partial charge in [-0.25, -0.2) is 8.42 Å². The van der Waals surface area contributed by atoms with Gasteiger partial charge in [0.15, 0.2) is 0 Å². The summed E-state index contributed by atoms with van der Waals surface area (Å²) in [6.45, 7) is 1.46. The number of piperidine rings is 1. The molecular weight excluding hydrogens is 395 g/mol. The van der Waals surface area contributed by atoms with Crippen LogP contribution in [0.15, 0.2) is 47.4 Å². The third-order valence-electron chi connectivity index (χ3n) is 4.19. The monoisotopic (exact) mass is 412 g/mol. The first kappa shape index (κ1) is 19.0. The number of halogens is 2. The molecule has 0 aliphatic carbocycles. The third-order valence-corrected chi connectivity index (χ3v) is 6.29. The summed E-state index contributed by atoms with van der Waals surface area (Å²) in [5, 5.41) is 0.339. The first-order chi connectivity index (χ1) is 12.4. The van der Waals surface area contributed by atoms with E-state index in [1.54, 1.807) is 23.1 Å². The zero-order chi connectivity index (χ0) is 18.7. The van der Waals surface area contributed by atoms with Gasteiger partial charge in [-0.2, -0.15) is 0 Å². The molecule has 1 heterocycles. The lowest BCUT2D eigenvalue weighted by Gasteiger charge is -2.26. The molecule has 0 aromatic heterocycles. The van der Waals surface area contributed by atoms with Crippen LogP contribution in [0.2, 0.25) is 10.0 Å². The Bertz CT molecular complexity index is 926. The van der Waals surface area contributed by atoms with E-state index in [0.717, 1.165) is 32.4 Å². The Morgan fingerprint density at radius 3 is 2.46 bits per heavy atom. The van der Waals surface area contributed by atoms with Crippen LogP contribution in [0.4, 0.5) is 5.69 Å². The molecule has 138 valence electrons. The van der Waals surface area contributed by atoms with Gasteiger partial charge in [0, 0.05) is 29.4 Å². The molecule has 1 fully saturated rings. The fraction of sp³-hybridized carbons (Fsp3) is 0.278. The van der Waals surface area contributed by atoms with Gasteiger partial charge in [0.1, 0.15) is 4.90 Å². The predicted octanol–water partition coefficient (Wildman–Crippen LogP) is 4.42. The van der Waals surface area contributed by atoms with Gasteiger partial charge in [0.25, 0.3) is 15.9 Å². The second kappa shape index (κ2) is 7.86. The van der Waals surface area contributed by atoms with Crippen molar-refractivity contribution in [3.63, 3.8) is 0 Å². The summed E-state index contributed by atoms with van der Waals surface area (Å²) >= 11 is 11.9. The number of hydrogen-bond donors (Lipinski definition) is 1. The second-order valence-corrected chi connectivity index (χ2v) is 8.61. The fourth-order valence-electron chi connectivity index (χ4n) is 2.89. The number of hydrogen-bond acceptors (Lipinski definition) is 3. The highest BCUT2D eigenvalue weighted by Gasteiger charge is 2.21. The van der Waals surface area contributed by atoms with Crippen LogP contribution in [0.3, 0.4) is 0 Å². The van der Waals surface area contributed by atoms with Gasteiger partial charge in [0.2, 0.25) is 0 Å². The van der Waals surface area contributed by atoms with Crippen LogP contribution in [0.5, 0.6) is 0 Å². The van der Waals surface area contributed by atoms with Crippen LogP contribution in [-0.4, -0.2) is 32.3 Å². The highest BCUT2D eigenvalue weighted by atomic mass is 35.5. The number of carbonyl (C=O) groups is 1. The van der Waals surface area contributed by atoms with Crippen LogP contribution in [0, 0.1) is 0 Å². The van der Waals surface area contributed by atoms with Crippen LogP contribution in [-0.2, 0) is 10.0 Å². The molecular formula is C18H18Cl2N2O3S. The molecule has 1 amide bonds. The van der Waals surface area contributed by atoms with Crippen molar-refractivity contribution in [1.29, 1.82) is 0 Å². The Labute approximate surface area is 163 Å². The summed E-state index contributed by atoms with van der Waals surface area (Å²) in [7, 11) is -3.93. The quantitative estimate of drug-likeness (QED) is 0.807. The zero-order valence-electron chi connectivity index (χ0n) is 13.9. The van der Waals surface area contributed by atoms with E-state index in [0.29, 0.717) is 11.3 Å². The summed E-state index contributed by atoms with van der Waals surface area (Å²) in [4.78, 5) is 14.3. The SMILES string of the molecule is O=C(c1cccc(NS(=O)(=O)c2cc(Cl)ccc2Cl)c1)N1CCCCC1. The molecule has 0 saturated carbocycles. The molecule has 26 heavy (non-hydrogen) atoms. The molecule has 1 aliphatic rings. The number of rotatable bonds is 4. The van der Waals surface area contributed by atoms with E-state index in [2.05, 4.69) is 4.72 Å². The maximum atomic E-state index is 12.6. The van der Waals surface area contributed by atoms with Gasteiger partial charge in [-0.1, -0.05) is 29.3 Å². The molecule has 0 radical (unpaired) electrons. The van der Waals surface area contributed by atoms with E-state index in [4.69, 9.17) is 23.2 Å². The number of nitrogens with one attached hydrogen (secondary N) is 1. The van der Waals surface area contributed by atoms with Gasteiger partial charge in [-0.3, -0.25) is 9.52 Å². The Morgan fingerprint density at radius 2 is 1.73 bits per heavy atom. The summed E-state index contributed by atoms with van der Waals surface area (Å²) in [5.41, 5.74) is 0.744. The van der Waals surface area contributed by atoms with Gasteiger partial charge in [-0.05, 0) is 55.7 Å². The van der Waals surface area contributed by atoms with E-state index in [-0.39, 0.29) is 20.8 Å². The molecule has 0 spiro atoms. The first-order valence-electron chi connectivity index (χ1n) is 8.24. The summed E-state index contributed by atoms with van der Waals surface area (Å²) in [6, 6.07) is 10.7. The van der Waals surface area contributed by atoms with Crippen molar-refractivity contribution in [2.75, 3.05) is 17.8 Å². The fourth-order valence-corrected chi connectivity index (χ4v) is 4.70. The number of benzene rings is 2. The van der Waals surface area contributed by atoms with Gasteiger partial charge < -0.3 is 4.90 Å². The van der Waals surface area contributed by atoms with Crippen molar-refractivity contribution in [3.05, 3.63) is 58.1 Å². The van der Waals surface area contributed by atoms with Crippen molar-refractivity contribution in [3.8, 4) is 0 Å². The van der Waals surface area contributed by atoms with E-state index < -0.39 is 10.0 Å². The standard InChI is InChI=1S/C18H18Cl2N2O3S/c19-14-7-8-16(20)17(12-14)26(24,25)21-15-6-4-5-13(11-15)18(23)22-9-2-1-3-10-22/h4-8,11-12,21H,1-3,9-10H2. The first-order valence-corrected chi connectivity index (χ1v) is 10.5. The van der Waals surface area contributed by atoms with Gasteiger partial charge >= 0.3 is 0 Å². The van der Waals surface area contributed by atoms with Crippen LogP contribution in [0.25, 0.3) is 0 Å². The lowest BCUT2D eigenvalue weighted by Crippen LogP contribution is -2.35. The number of amides is 1. The lowest BCUT2D eigenvalue weighted by molar-refractivity contribution is 0.0724. The molecule has 0 bridgehead atoms. The van der Waals surface area contributed by atoms with Gasteiger partial charge in [0.05, 0.1) is 5.02 Å². The van der Waals surface area contributed by atoms with E-state index in [1.807, 2.05) is 0 Å². The Hall–Kier alpha value is -1.76. The minimum absolute atomic E-state index is 0.0717. The topological polar surface area (TPSA) is 66.5 Å². The molecule has 0 atom stereocenters. The van der Waals surface area contributed by atoms with Crippen molar-refractivity contribution < 1.29 is 13.2 Å².